The molecule has 168 valence electrons. The summed E-state index contributed by atoms with van der Waals surface area (Å²) >= 11 is 3.21. The Morgan fingerprint density at radius 2 is 1.94 bits per heavy atom. The van der Waals surface area contributed by atoms with Gasteiger partial charge in [-0.05, 0) is 42.5 Å². The number of anilines is 1. The van der Waals surface area contributed by atoms with Crippen molar-refractivity contribution in [2.24, 2.45) is 0 Å². The summed E-state index contributed by atoms with van der Waals surface area (Å²) in [6.45, 7) is 2.77. The molecule has 0 aliphatic carbocycles. The minimum absolute atomic E-state index is 0.0771. The molecular weight excluding hydrogens is 448 g/mol. The fourth-order valence-electron chi connectivity index (χ4n) is 3.54. The van der Waals surface area contributed by atoms with Crippen molar-refractivity contribution in [2.75, 3.05) is 43.9 Å². The van der Waals surface area contributed by atoms with E-state index >= 15 is 0 Å². The minimum atomic E-state index is -0.390. The first-order valence-corrected chi connectivity index (χ1v) is 12.2. The lowest BCUT2D eigenvalue weighted by Gasteiger charge is -2.34. The Kier molecular flexibility index (Phi) is 7.11. The van der Waals surface area contributed by atoms with Gasteiger partial charge in [-0.15, -0.1) is 11.8 Å². The average molecular weight is 473 g/mol. The number of thiazole rings is 1. The van der Waals surface area contributed by atoms with Crippen molar-refractivity contribution in [1.82, 2.24) is 9.88 Å². The number of hydrogen-bond donors (Lipinski definition) is 0. The van der Waals surface area contributed by atoms with Gasteiger partial charge in [0.1, 0.15) is 5.75 Å². The van der Waals surface area contributed by atoms with Crippen LogP contribution in [0.1, 0.15) is 12.8 Å². The Bertz CT molecular complexity index is 1100. The Hall–Kier alpha value is -2.85. The molecule has 1 fully saturated rings. The van der Waals surface area contributed by atoms with Crippen molar-refractivity contribution in [1.29, 1.82) is 0 Å². The van der Waals surface area contributed by atoms with E-state index in [1.54, 1.807) is 31.0 Å². The molecule has 1 aliphatic heterocycles. The molecule has 0 spiro atoms. The van der Waals surface area contributed by atoms with E-state index in [0.717, 1.165) is 33.3 Å². The number of amides is 1. The summed E-state index contributed by atoms with van der Waals surface area (Å²) in [4.78, 5) is 33.0. The average Bonchev–Trinajstić information content (AvgIpc) is 3.25. The van der Waals surface area contributed by atoms with Gasteiger partial charge in [-0.1, -0.05) is 11.3 Å². The Morgan fingerprint density at radius 3 is 2.62 bits per heavy atom. The van der Waals surface area contributed by atoms with E-state index in [-0.39, 0.29) is 11.6 Å². The van der Waals surface area contributed by atoms with Crippen LogP contribution in [0, 0.1) is 10.1 Å². The van der Waals surface area contributed by atoms with Gasteiger partial charge in [-0.3, -0.25) is 14.9 Å². The van der Waals surface area contributed by atoms with Crippen LogP contribution < -0.4 is 9.64 Å². The molecule has 0 unspecified atom stereocenters. The highest BCUT2D eigenvalue weighted by atomic mass is 32.2. The highest BCUT2D eigenvalue weighted by Gasteiger charge is 2.23. The molecule has 0 bridgehead atoms. The molecule has 1 amide bonds. The normalized spacial score (nSPS) is 14.0. The largest absolute Gasteiger partial charge is 0.497 e. The van der Waals surface area contributed by atoms with Crippen LogP contribution >= 0.6 is 23.1 Å². The Labute approximate surface area is 194 Å². The number of piperazine rings is 1. The van der Waals surface area contributed by atoms with Crippen LogP contribution in [-0.4, -0.2) is 59.8 Å². The third-order valence-electron chi connectivity index (χ3n) is 5.34. The second kappa shape index (κ2) is 10.2. The number of hydrogen-bond acceptors (Lipinski definition) is 8. The summed E-state index contributed by atoms with van der Waals surface area (Å²) < 4.78 is 5.97. The second-order valence-corrected chi connectivity index (χ2v) is 9.58. The van der Waals surface area contributed by atoms with E-state index in [2.05, 4.69) is 9.88 Å². The first kappa shape index (κ1) is 22.3. The van der Waals surface area contributed by atoms with Gasteiger partial charge in [0.05, 0.1) is 22.2 Å². The SMILES string of the molecule is COc1ccc(SCCCC(=O)N2CCN(c3nc4ccc([N+](=O)[O-])cc4s3)CC2)cc1. The molecule has 1 aromatic heterocycles. The lowest BCUT2D eigenvalue weighted by Crippen LogP contribution is -2.48. The zero-order valence-electron chi connectivity index (χ0n) is 17.7. The monoisotopic (exact) mass is 472 g/mol. The molecule has 4 rings (SSSR count). The highest BCUT2D eigenvalue weighted by Crippen LogP contribution is 2.32. The lowest BCUT2D eigenvalue weighted by atomic mass is 10.2. The fraction of sp³-hybridized carbons (Fsp3) is 0.364. The number of aromatic nitrogens is 1. The number of ether oxygens (including phenoxy) is 1. The van der Waals surface area contributed by atoms with E-state index in [9.17, 15) is 14.9 Å². The first-order chi connectivity index (χ1) is 15.5. The Balaban J connectivity index is 1.23. The molecule has 0 atom stereocenters. The van der Waals surface area contributed by atoms with Gasteiger partial charge in [0.2, 0.25) is 5.91 Å². The molecular formula is C22H24N4O4S2. The van der Waals surface area contributed by atoms with Crippen LogP contribution in [-0.2, 0) is 4.79 Å². The molecule has 0 radical (unpaired) electrons. The molecule has 0 N–H and O–H groups in total. The number of non-ortho nitro benzene ring substituents is 1. The van der Waals surface area contributed by atoms with Gasteiger partial charge in [0, 0.05) is 49.6 Å². The number of carbonyl (C=O) groups excluding carboxylic acids is 1. The summed E-state index contributed by atoms with van der Waals surface area (Å²) in [5.41, 5.74) is 0.844. The Morgan fingerprint density at radius 1 is 1.19 bits per heavy atom. The van der Waals surface area contributed by atoms with Gasteiger partial charge >= 0.3 is 0 Å². The number of nitro benzene ring substituents is 1. The van der Waals surface area contributed by atoms with Crippen LogP contribution in [0.3, 0.4) is 0 Å². The van der Waals surface area contributed by atoms with E-state index in [0.29, 0.717) is 32.6 Å². The predicted molar refractivity (Wildman–Crippen MR) is 128 cm³/mol. The maximum absolute atomic E-state index is 12.6. The number of fused-ring (bicyclic) bond motifs is 1. The molecule has 2 aromatic carbocycles. The van der Waals surface area contributed by atoms with E-state index in [1.807, 2.05) is 29.2 Å². The number of thioether (sulfide) groups is 1. The smallest absolute Gasteiger partial charge is 0.270 e. The van der Waals surface area contributed by atoms with E-state index in [4.69, 9.17) is 4.74 Å². The minimum Gasteiger partial charge on any atom is -0.497 e. The maximum atomic E-state index is 12.6. The highest BCUT2D eigenvalue weighted by molar-refractivity contribution is 7.99. The quantitative estimate of drug-likeness (QED) is 0.207. The molecule has 1 saturated heterocycles. The zero-order chi connectivity index (χ0) is 22.5. The van der Waals surface area contributed by atoms with Crippen molar-refractivity contribution < 1.29 is 14.5 Å². The van der Waals surface area contributed by atoms with Crippen LogP contribution in [0.25, 0.3) is 10.2 Å². The molecule has 1 aliphatic rings. The standard InChI is InChI=1S/C22H24N4O4S2/c1-30-17-5-7-18(8-6-17)31-14-2-3-21(27)24-10-12-25(13-11-24)22-23-19-9-4-16(26(28)29)15-20(19)32-22/h4-9,15H,2-3,10-14H2,1H3. The van der Waals surface area contributed by atoms with Crippen LogP contribution in [0.4, 0.5) is 10.8 Å². The summed E-state index contributed by atoms with van der Waals surface area (Å²) in [5.74, 6) is 1.94. The summed E-state index contributed by atoms with van der Waals surface area (Å²) in [6, 6.07) is 12.7. The zero-order valence-corrected chi connectivity index (χ0v) is 19.4. The predicted octanol–water partition coefficient (Wildman–Crippen LogP) is 4.43. The van der Waals surface area contributed by atoms with Crippen molar-refractivity contribution in [3.63, 3.8) is 0 Å². The number of methoxy groups -OCH3 is 1. The fourth-order valence-corrected chi connectivity index (χ4v) is 5.44. The third kappa shape index (κ3) is 5.31. The van der Waals surface area contributed by atoms with Gasteiger partial charge < -0.3 is 14.5 Å². The molecule has 0 saturated carbocycles. The summed E-state index contributed by atoms with van der Waals surface area (Å²) in [5, 5.41) is 11.8. The summed E-state index contributed by atoms with van der Waals surface area (Å²) in [7, 11) is 1.65. The van der Waals surface area contributed by atoms with Gasteiger partial charge in [-0.2, -0.15) is 0 Å². The second-order valence-electron chi connectivity index (χ2n) is 7.40. The van der Waals surface area contributed by atoms with Gasteiger partial charge in [0.25, 0.3) is 5.69 Å². The number of nitrogens with zero attached hydrogens (tertiary/aromatic N) is 4. The topological polar surface area (TPSA) is 88.8 Å². The van der Waals surface area contributed by atoms with E-state index < -0.39 is 4.92 Å². The van der Waals surface area contributed by atoms with Gasteiger partial charge in [-0.25, -0.2) is 4.98 Å². The van der Waals surface area contributed by atoms with Gasteiger partial charge in [0.15, 0.2) is 5.13 Å². The number of benzene rings is 2. The summed E-state index contributed by atoms with van der Waals surface area (Å²) in [6.07, 6.45) is 1.39. The number of nitro groups is 1. The van der Waals surface area contributed by atoms with E-state index in [1.165, 1.54) is 22.3 Å². The molecule has 32 heavy (non-hydrogen) atoms. The third-order valence-corrected chi connectivity index (χ3v) is 7.51. The molecule has 2 heterocycles. The van der Waals surface area contributed by atoms with Crippen molar-refractivity contribution in [3.05, 3.63) is 52.6 Å². The van der Waals surface area contributed by atoms with Crippen LogP contribution in [0.15, 0.2) is 47.4 Å². The molecule has 3 aromatic rings. The first-order valence-electron chi connectivity index (χ1n) is 10.4. The number of carbonyl (C=O) groups is 1. The number of rotatable bonds is 8. The van der Waals surface area contributed by atoms with Crippen LogP contribution in [0.5, 0.6) is 5.75 Å². The van der Waals surface area contributed by atoms with Crippen molar-refractivity contribution in [3.8, 4) is 5.75 Å². The lowest BCUT2D eigenvalue weighted by molar-refractivity contribution is -0.384. The van der Waals surface area contributed by atoms with Crippen molar-refractivity contribution in [2.45, 2.75) is 17.7 Å². The van der Waals surface area contributed by atoms with Crippen LogP contribution in [0.2, 0.25) is 0 Å². The maximum Gasteiger partial charge on any atom is 0.270 e. The molecule has 10 heteroatoms. The van der Waals surface area contributed by atoms with Crippen molar-refractivity contribution >= 4 is 50.0 Å². The molecule has 8 nitrogen and oxygen atoms in total.